The van der Waals surface area contributed by atoms with Gasteiger partial charge in [-0.1, -0.05) is 18.2 Å². The molecule has 0 radical (unpaired) electrons. The second kappa shape index (κ2) is 13.2. The fourth-order valence-electron chi connectivity index (χ4n) is 4.11. The Kier molecular flexibility index (Phi) is 9.80. The van der Waals surface area contributed by atoms with Crippen LogP contribution in [-0.4, -0.2) is 67.5 Å². The number of carbonyl (C=O) groups excluding carboxylic acids is 3. The Morgan fingerprint density at radius 3 is 1.82 bits per heavy atom. The Morgan fingerprint density at radius 2 is 1.27 bits per heavy atom. The molecule has 212 valence electrons. The summed E-state index contributed by atoms with van der Waals surface area (Å²) in [7, 11) is 9.84. The van der Waals surface area contributed by atoms with E-state index >= 15 is 0 Å². The molecule has 0 spiro atoms. The maximum absolute atomic E-state index is 14.1. The van der Waals surface area contributed by atoms with E-state index < -0.39 is 24.2 Å². The fourth-order valence-corrected chi connectivity index (χ4v) is 4.11. The first-order chi connectivity index (χ1) is 19.3. The minimum absolute atomic E-state index is 0.00856. The van der Waals surface area contributed by atoms with Gasteiger partial charge < -0.3 is 33.3 Å². The highest BCUT2D eigenvalue weighted by atomic mass is 16.5. The minimum Gasteiger partial charge on any atom is -0.493 e. The van der Waals surface area contributed by atoms with Gasteiger partial charge in [-0.3, -0.25) is 14.5 Å². The van der Waals surface area contributed by atoms with Crippen molar-refractivity contribution in [3.05, 3.63) is 60.2 Å². The number of rotatable bonds is 11. The molecule has 0 fully saturated rings. The van der Waals surface area contributed by atoms with Crippen LogP contribution in [0.5, 0.6) is 28.7 Å². The van der Waals surface area contributed by atoms with Crippen molar-refractivity contribution >= 4 is 34.8 Å². The third kappa shape index (κ3) is 5.88. The van der Waals surface area contributed by atoms with E-state index in [0.29, 0.717) is 17.2 Å². The van der Waals surface area contributed by atoms with Gasteiger partial charge in [0, 0.05) is 24.9 Å². The minimum atomic E-state index is -0.778. The predicted molar refractivity (Wildman–Crippen MR) is 149 cm³/mol. The largest absolute Gasteiger partial charge is 0.493 e. The number of hydrogen-bond donors (Lipinski definition) is 0. The van der Waals surface area contributed by atoms with E-state index in [9.17, 15) is 14.4 Å². The molecule has 2 amide bonds. The number of ether oxygens (including phenoxy) is 6. The highest BCUT2D eigenvalue weighted by Gasteiger charge is 2.34. The van der Waals surface area contributed by atoms with Gasteiger partial charge in [0.25, 0.3) is 0 Å². The van der Waals surface area contributed by atoms with Crippen LogP contribution in [0.25, 0.3) is 0 Å². The number of anilines is 3. The molecular weight excluding hydrogens is 520 g/mol. The standard InChI is InChI=1S/C29H32N2O9/c1-30(18-11-9-8-10-12-18)24(32)17-25(33)31(19-13-14-21(35-2)22(15-19)36-3)26-20(29(34)40-7)16-23(37-4)27(38-5)28(26)39-6/h8-16H,17H2,1-7H3. The van der Waals surface area contributed by atoms with Crippen LogP contribution in [0.3, 0.4) is 0 Å². The molecule has 0 unspecified atom stereocenters. The van der Waals surface area contributed by atoms with Gasteiger partial charge >= 0.3 is 5.97 Å². The number of methoxy groups -OCH3 is 6. The summed E-state index contributed by atoms with van der Waals surface area (Å²) < 4.78 is 32.4. The Balaban J connectivity index is 2.28. The van der Waals surface area contributed by atoms with Crippen molar-refractivity contribution < 1.29 is 42.8 Å². The quantitative estimate of drug-likeness (QED) is 0.255. The lowest BCUT2D eigenvalue weighted by molar-refractivity contribution is -0.125. The summed E-state index contributed by atoms with van der Waals surface area (Å²) in [5.41, 5.74) is 0.786. The molecule has 0 saturated carbocycles. The summed E-state index contributed by atoms with van der Waals surface area (Å²) in [6, 6.07) is 15.0. The van der Waals surface area contributed by atoms with Crippen molar-refractivity contribution in [3.63, 3.8) is 0 Å². The van der Waals surface area contributed by atoms with Crippen LogP contribution in [0.1, 0.15) is 16.8 Å². The van der Waals surface area contributed by atoms with E-state index in [1.165, 1.54) is 58.5 Å². The van der Waals surface area contributed by atoms with Gasteiger partial charge in [-0.05, 0) is 24.3 Å². The summed E-state index contributed by atoms with van der Waals surface area (Å²) in [4.78, 5) is 42.9. The lowest BCUT2D eigenvalue weighted by Gasteiger charge is -2.29. The van der Waals surface area contributed by atoms with Gasteiger partial charge in [0.2, 0.25) is 17.6 Å². The van der Waals surface area contributed by atoms with E-state index in [1.54, 1.807) is 49.5 Å². The monoisotopic (exact) mass is 552 g/mol. The van der Waals surface area contributed by atoms with Gasteiger partial charge in [0.05, 0.1) is 53.9 Å². The first-order valence-electron chi connectivity index (χ1n) is 12.0. The van der Waals surface area contributed by atoms with E-state index in [4.69, 9.17) is 28.4 Å². The van der Waals surface area contributed by atoms with Crippen molar-refractivity contribution in [1.82, 2.24) is 0 Å². The molecular formula is C29H32N2O9. The third-order valence-corrected chi connectivity index (χ3v) is 6.13. The van der Waals surface area contributed by atoms with Crippen molar-refractivity contribution in [3.8, 4) is 28.7 Å². The van der Waals surface area contributed by atoms with Gasteiger partial charge in [-0.2, -0.15) is 0 Å². The zero-order valence-electron chi connectivity index (χ0n) is 23.5. The van der Waals surface area contributed by atoms with Gasteiger partial charge in [-0.25, -0.2) is 4.79 Å². The second-order valence-corrected chi connectivity index (χ2v) is 8.27. The van der Waals surface area contributed by atoms with Crippen LogP contribution in [-0.2, 0) is 14.3 Å². The highest BCUT2D eigenvalue weighted by molar-refractivity contribution is 6.16. The molecule has 0 aromatic heterocycles. The van der Waals surface area contributed by atoms with Crippen LogP contribution in [0.2, 0.25) is 0 Å². The summed E-state index contributed by atoms with van der Waals surface area (Å²) in [6.07, 6.45) is -0.558. The molecule has 3 rings (SSSR count). The van der Waals surface area contributed by atoms with Gasteiger partial charge in [0.1, 0.15) is 12.1 Å². The van der Waals surface area contributed by atoms with Crippen LogP contribution in [0.15, 0.2) is 54.6 Å². The fraction of sp³-hybridized carbons (Fsp3) is 0.276. The Hall–Kier alpha value is -4.93. The molecule has 3 aromatic rings. The maximum atomic E-state index is 14.1. The van der Waals surface area contributed by atoms with Crippen molar-refractivity contribution in [1.29, 1.82) is 0 Å². The molecule has 0 aliphatic carbocycles. The number of carbonyl (C=O) groups is 3. The van der Waals surface area contributed by atoms with E-state index in [-0.39, 0.29) is 34.2 Å². The number of hydrogen-bond acceptors (Lipinski definition) is 9. The highest BCUT2D eigenvalue weighted by Crippen LogP contribution is 2.49. The lowest BCUT2D eigenvalue weighted by Crippen LogP contribution is -2.35. The first-order valence-corrected chi connectivity index (χ1v) is 12.0. The first kappa shape index (κ1) is 29.6. The molecule has 0 bridgehead atoms. The lowest BCUT2D eigenvalue weighted by atomic mass is 10.1. The maximum Gasteiger partial charge on any atom is 0.340 e. The summed E-state index contributed by atoms with van der Waals surface area (Å²) >= 11 is 0. The third-order valence-electron chi connectivity index (χ3n) is 6.13. The average molecular weight is 553 g/mol. The molecule has 0 heterocycles. The Morgan fingerprint density at radius 1 is 0.650 bits per heavy atom. The van der Waals surface area contributed by atoms with Crippen LogP contribution >= 0.6 is 0 Å². The van der Waals surface area contributed by atoms with Crippen LogP contribution in [0.4, 0.5) is 17.1 Å². The number of benzene rings is 3. The van der Waals surface area contributed by atoms with Gasteiger partial charge in [0.15, 0.2) is 23.0 Å². The molecule has 0 saturated heterocycles. The van der Waals surface area contributed by atoms with Crippen molar-refractivity contribution in [2.24, 2.45) is 0 Å². The van der Waals surface area contributed by atoms with Gasteiger partial charge in [-0.15, -0.1) is 0 Å². The zero-order chi connectivity index (χ0) is 29.4. The van der Waals surface area contributed by atoms with E-state index in [1.807, 2.05) is 6.07 Å². The smallest absolute Gasteiger partial charge is 0.340 e. The SMILES string of the molecule is COC(=O)c1cc(OC)c(OC)c(OC)c1N(C(=O)CC(=O)N(C)c1ccccc1)c1ccc(OC)c(OC)c1. The average Bonchev–Trinajstić information content (AvgIpc) is 2.99. The Labute approximate surface area is 232 Å². The van der Waals surface area contributed by atoms with E-state index in [2.05, 4.69) is 0 Å². The van der Waals surface area contributed by atoms with Crippen LogP contribution < -0.4 is 33.5 Å². The molecule has 0 aliphatic rings. The molecule has 0 aliphatic heterocycles. The summed E-state index contributed by atoms with van der Waals surface area (Å²) in [5.74, 6) is -0.914. The molecule has 3 aromatic carbocycles. The molecule has 40 heavy (non-hydrogen) atoms. The van der Waals surface area contributed by atoms with Crippen molar-refractivity contribution in [2.75, 3.05) is 59.5 Å². The molecule has 11 nitrogen and oxygen atoms in total. The number of para-hydroxylation sites is 1. The second-order valence-electron chi connectivity index (χ2n) is 8.27. The molecule has 11 heteroatoms. The van der Waals surface area contributed by atoms with Crippen molar-refractivity contribution in [2.45, 2.75) is 6.42 Å². The molecule has 0 N–H and O–H groups in total. The predicted octanol–water partition coefficient (Wildman–Crippen LogP) is 4.23. The Bertz CT molecular complexity index is 1380. The number of nitrogens with zero attached hydrogens (tertiary/aromatic N) is 2. The topological polar surface area (TPSA) is 113 Å². The normalized spacial score (nSPS) is 10.3. The zero-order valence-corrected chi connectivity index (χ0v) is 23.5. The number of amides is 2. The summed E-state index contributed by atoms with van der Waals surface area (Å²) in [6.45, 7) is 0. The number of esters is 1. The van der Waals surface area contributed by atoms with Crippen LogP contribution in [0, 0.1) is 0 Å². The van der Waals surface area contributed by atoms with E-state index in [0.717, 1.165) is 0 Å². The molecule has 0 atom stereocenters. The summed E-state index contributed by atoms with van der Waals surface area (Å²) in [5, 5.41) is 0.